The summed E-state index contributed by atoms with van der Waals surface area (Å²) in [4.78, 5) is 24.5. The van der Waals surface area contributed by atoms with Crippen LogP contribution in [0.3, 0.4) is 0 Å². The standard InChI is InChI=1S/C12H23N3O3/c1-3-18-9-10-4-6-15(7-5-10)8-11(16)14-12(17)13-2/h10H,3-9H2,1-2H3,(H2,13,14,16,17). The van der Waals surface area contributed by atoms with Gasteiger partial charge in [-0.3, -0.25) is 15.0 Å². The van der Waals surface area contributed by atoms with Crippen LogP contribution in [0.5, 0.6) is 0 Å². The van der Waals surface area contributed by atoms with Gasteiger partial charge in [0.2, 0.25) is 5.91 Å². The zero-order valence-corrected chi connectivity index (χ0v) is 11.2. The van der Waals surface area contributed by atoms with Crippen molar-refractivity contribution in [2.75, 3.05) is 39.9 Å². The Labute approximate surface area is 108 Å². The van der Waals surface area contributed by atoms with E-state index in [4.69, 9.17) is 4.74 Å². The highest BCUT2D eigenvalue weighted by atomic mass is 16.5. The van der Waals surface area contributed by atoms with Crippen LogP contribution in [0.25, 0.3) is 0 Å². The van der Waals surface area contributed by atoms with Gasteiger partial charge in [-0.15, -0.1) is 0 Å². The van der Waals surface area contributed by atoms with E-state index in [2.05, 4.69) is 15.5 Å². The Morgan fingerprint density at radius 3 is 2.56 bits per heavy atom. The maximum absolute atomic E-state index is 11.5. The van der Waals surface area contributed by atoms with Gasteiger partial charge in [0, 0.05) is 20.3 Å². The number of ether oxygens (including phenoxy) is 1. The SMILES string of the molecule is CCOCC1CCN(CC(=O)NC(=O)NC)CC1. The number of carbonyl (C=O) groups is 2. The Kier molecular flexibility index (Phi) is 6.67. The molecule has 0 aromatic rings. The Bertz CT molecular complexity index is 276. The number of nitrogens with one attached hydrogen (secondary N) is 2. The van der Waals surface area contributed by atoms with E-state index in [1.54, 1.807) is 0 Å². The number of amides is 3. The minimum Gasteiger partial charge on any atom is -0.381 e. The maximum atomic E-state index is 11.5. The van der Waals surface area contributed by atoms with E-state index in [9.17, 15) is 9.59 Å². The van der Waals surface area contributed by atoms with Crippen LogP contribution in [0.4, 0.5) is 4.79 Å². The van der Waals surface area contributed by atoms with Crippen LogP contribution in [0, 0.1) is 5.92 Å². The first kappa shape index (κ1) is 14.9. The van der Waals surface area contributed by atoms with Crippen molar-refractivity contribution < 1.29 is 14.3 Å². The summed E-state index contributed by atoms with van der Waals surface area (Å²) in [7, 11) is 1.49. The fraction of sp³-hybridized carbons (Fsp3) is 0.833. The number of hydrogen-bond acceptors (Lipinski definition) is 4. The van der Waals surface area contributed by atoms with Crippen LogP contribution in [-0.4, -0.2) is 56.7 Å². The highest BCUT2D eigenvalue weighted by Crippen LogP contribution is 2.16. The number of rotatable bonds is 5. The first-order valence-electron chi connectivity index (χ1n) is 6.47. The molecule has 0 aromatic carbocycles. The fourth-order valence-corrected chi connectivity index (χ4v) is 2.03. The van der Waals surface area contributed by atoms with Gasteiger partial charge in [-0.1, -0.05) is 0 Å². The fourth-order valence-electron chi connectivity index (χ4n) is 2.03. The molecule has 0 aliphatic carbocycles. The molecule has 1 aliphatic rings. The summed E-state index contributed by atoms with van der Waals surface area (Å²) in [5.74, 6) is 0.348. The molecule has 1 saturated heterocycles. The normalized spacial score (nSPS) is 17.4. The van der Waals surface area contributed by atoms with Crippen molar-refractivity contribution >= 4 is 11.9 Å². The van der Waals surface area contributed by atoms with Gasteiger partial charge in [0.25, 0.3) is 0 Å². The highest BCUT2D eigenvalue weighted by Gasteiger charge is 2.21. The number of urea groups is 1. The molecule has 104 valence electrons. The van der Waals surface area contributed by atoms with Crippen LogP contribution in [0.1, 0.15) is 19.8 Å². The Hall–Kier alpha value is -1.14. The van der Waals surface area contributed by atoms with Gasteiger partial charge in [-0.25, -0.2) is 4.79 Å². The van der Waals surface area contributed by atoms with Crippen molar-refractivity contribution in [3.8, 4) is 0 Å². The van der Waals surface area contributed by atoms with Gasteiger partial charge < -0.3 is 10.1 Å². The van der Waals surface area contributed by atoms with Crippen molar-refractivity contribution in [3.63, 3.8) is 0 Å². The Morgan fingerprint density at radius 2 is 2.00 bits per heavy atom. The number of nitrogens with zero attached hydrogens (tertiary/aromatic N) is 1. The second-order valence-electron chi connectivity index (χ2n) is 4.51. The molecule has 0 radical (unpaired) electrons. The summed E-state index contributed by atoms with van der Waals surface area (Å²) in [5, 5.41) is 4.62. The lowest BCUT2D eigenvalue weighted by molar-refractivity contribution is -0.121. The Balaban J connectivity index is 2.18. The number of piperidine rings is 1. The highest BCUT2D eigenvalue weighted by molar-refractivity contribution is 5.95. The van der Waals surface area contributed by atoms with Gasteiger partial charge in [-0.2, -0.15) is 0 Å². The van der Waals surface area contributed by atoms with Gasteiger partial charge in [-0.05, 0) is 38.8 Å². The average Bonchev–Trinajstić information content (AvgIpc) is 2.37. The molecular formula is C12H23N3O3. The molecule has 1 heterocycles. The lowest BCUT2D eigenvalue weighted by Crippen LogP contribution is -2.45. The Morgan fingerprint density at radius 1 is 1.33 bits per heavy atom. The van der Waals surface area contributed by atoms with Crippen LogP contribution in [0.15, 0.2) is 0 Å². The van der Waals surface area contributed by atoms with Gasteiger partial charge in [0.1, 0.15) is 0 Å². The summed E-state index contributed by atoms with van der Waals surface area (Å²) in [6.07, 6.45) is 2.10. The lowest BCUT2D eigenvalue weighted by atomic mass is 9.98. The first-order chi connectivity index (χ1) is 8.65. The van der Waals surface area contributed by atoms with E-state index in [-0.39, 0.29) is 12.5 Å². The third-order valence-corrected chi connectivity index (χ3v) is 3.11. The van der Waals surface area contributed by atoms with Crippen molar-refractivity contribution in [1.82, 2.24) is 15.5 Å². The molecule has 18 heavy (non-hydrogen) atoms. The van der Waals surface area contributed by atoms with Crippen molar-refractivity contribution in [2.24, 2.45) is 5.92 Å². The van der Waals surface area contributed by atoms with Crippen molar-refractivity contribution in [1.29, 1.82) is 0 Å². The van der Waals surface area contributed by atoms with Crippen LogP contribution in [0.2, 0.25) is 0 Å². The van der Waals surface area contributed by atoms with E-state index in [0.29, 0.717) is 5.92 Å². The lowest BCUT2D eigenvalue weighted by Gasteiger charge is -2.31. The van der Waals surface area contributed by atoms with E-state index in [1.165, 1.54) is 7.05 Å². The largest absolute Gasteiger partial charge is 0.381 e. The van der Waals surface area contributed by atoms with E-state index in [0.717, 1.165) is 39.1 Å². The monoisotopic (exact) mass is 257 g/mol. The smallest absolute Gasteiger partial charge is 0.321 e. The summed E-state index contributed by atoms with van der Waals surface area (Å²) in [6.45, 7) is 5.63. The van der Waals surface area contributed by atoms with Crippen molar-refractivity contribution in [2.45, 2.75) is 19.8 Å². The predicted molar refractivity (Wildman–Crippen MR) is 68.3 cm³/mol. The summed E-state index contributed by atoms with van der Waals surface area (Å²) < 4.78 is 5.41. The molecule has 1 rings (SSSR count). The number of carbonyl (C=O) groups excluding carboxylic acids is 2. The summed E-state index contributed by atoms with van der Waals surface area (Å²) in [5.41, 5.74) is 0. The molecule has 0 atom stereocenters. The van der Waals surface area contributed by atoms with Gasteiger partial charge in [0.15, 0.2) is 0 Å². The van der Waals surface area contributed by atoms with Crippen LogP contribution >= 0.6 is 0 Å². The molecule has 0 bridgehead atoms. The molecular weight excluding hydrogens is 234 g/mol. The third kappa shape index (κ3) is 5.46. The predicted octanol–water partition coefficient (Wildman–Crippen LogP) is 0.191. The zero-order valence-electron chi connectivity index (χ0n) is 11.2. The number of likely N-dealkylation sites (tertiary alicyclic amines) is 1. The van der Waals surface area contributed by atoms with Gasteiger partial charge in [0.05, 0.1) is 6.54 Å². The molecule has 3 amide bonds. The molecule has 0 saturated carbocycles. The molecule has 6 nitrogen and oxygen atoms in total. The summed E-state index contributed by atoms with van der Waals surface area (Å²) >= 11 is 0. The van der Waals surface area contributed by atoms with E-state index in [1.807, 2.05) is 6.92 Å². The third-order valence-electron chi connectivity index (χ3n) is 3.11. The topological polar surface area (TPSA) is 70.7 Å². The van der Waals surface area contributed by atoms with Crippen LogP contribution in [-0.2, 0) is 9.53 Å². The second kappa shape index (κ2) is 8.05. The quantitative estimate of drug-likeness (QED) is 0.737. The first-order valence-corrected chi connectivity index (χ1v) is 6.47. The molecule has 2 N–H and O–H groups in total. The van der Waals surface area contributed by atoms with E-state index >= 15 is 0 Å². The van der Waals surface area contributed by atoms with Gasteiger partial charge >= 0.3 is 6.03 Å². The van der Waals surface area contributed by atoms with Crippen LogP contribution < -0.4 is 10.6 Å². The maximum Gasteiger partial charge on any atom is 0.321 e. The molecule has 1 fully saturated rings. The van der Waals surface area contributed by atoms with E-state index < -0.39 is 6.03 Å². The molecule has 0 aromatic heterocycles. The number of hydrogen-bond donors (Lipinski definition) is 2. The molecule has 6 heteroatoms. The average molecular weight is 257 g/mol. The molecule has 0 spiro atoms. The second-order valence-corrected chi connectivity index (χ2v) is 4.51. The molecule has 0 unspecified atom stereocenters. The number of imide groups is 1. The summed E-state index contributed by atoms with van der Waals surface area (Å²) in [6, 6.07) is -0.453. The zero-order chi connectivity index (χ0) is 13.4. The minimum atomic E-state index is -0.453. The van der Waals surface area contributed by atoms with Crippen molar-refractivity contribution in [3.05, 3.63) is 0 Å². The minimum absolute atomic E-state index is 0.252. The molecule has 1 aliphatic heterocycles.